The van der Waals surface area contributed by atoms with Gasteiger partial charge in [0.2, 0.25) is 0 Å². The van der Waals surface area contributed by atoms with Crippen LogP contribution >= 0.6 is 11.8 Å². The van der Waals surface area contributed by atoms with Crippen molar-refractivity contribution in [1.29, 1.82) is 0 Å². The second-order valence-corrected chi connectivity index (χ2v) is 5.08. The fourth-order valence-electron chi connectivity index (χ4n) is 1.97. The Labute approximate surface area is 109 Å². The van der Waals surface area contributed by atoms with Gasteiger partial charge in [-0.15, -0.1) is 0 Å². The van der Waals surface area contributed by atoms with Crippen molar-refractivity contribution in [3.63, 3.8) is 0 Å². The van der Waals surface area contributed by atoms with Gasteiger partial charge in [-0.2, -0.15) is 11.8 Å². The first-order valence-electron chi connectivity index (χ1n) is 5.71. The van der Waals surface area contributed by atoms with Gasteiger partial charge in [0, 0.05) is 28.1 Å². The minimum Gasteiger partial charge on any atom is -0.481 e. The van der Waals surface area contributed by atoms with E-state index in [1.165, 1.54) is 0 Å². The summed E-state index contributed by atoms with van der Waals surface area (Å²) in [6.07, 6.45) is 0.0268. The second kappa shape index (κ2) is 5.93. The molecular formula is C13H15NO3S. The van der Waals surface area contributed by atoms with Gasteiger partial charge in [-0.1, -0.05) is 18.2 Å². The normalized spacial score (nSPS) is 10.9. The van der Waals surface area contributed by atoms with Crippen molar-refractivity contribution in [2.24, 2.45) is 0 Å². The number of H-pyrrole nitrogens is 1. The molecule has 0 amide bonds. The standard InChI is InChI=1S/C13H15NO3S/c15-5-6-18-8-12-10(7-13(16)17)9-3-1-2-4-11(9)14-12/h1-4,14-15H,5-8H2,(H,16,17). The van der Waals surface area contributed by atoms with E-state index in [1.807, 2.05) is 24.3 Å². The van der Waals surface area contributed by atoms with E-state index in [1.54, 1.807) is 11.8 Å². The van der Waals surface area contributed by atoms with Gasteiger partial charge in [0.05, 0.1) is 13.0 Å². The van der Waals surface area contributed by atoms with Crippen LogP contribution in [-0.2, 0) is 17.0 Å². The lowest BCUT2D eigenvalue weighted by molar-refractivity contribution is -0.136. The van der Waals surface area contributed by atoms with Crippen molar-refractivity contribution in [3.8, 4) is 0 Å². The van der Waals surface area contributed by atoms with Crippen molar-refractivity contribution >= 4 is 28.6 Å². The number of carbonyl (C=O) groups is 1. The van der Waals surface area contributed by atoms with E-state index in [9.17, 15) is 4.79 Å². The largest absolute Gasteiger partial charge is 0.481 e. The van der Waals surface area contributed by atoms with Gasteiger partial charge in [-0.3, -0.25) is 4.79 Å². The molecule has 0 unspecified atom stereocenters. The Balaban J connectivity index is 2.33. The molecule has 0 saturated heterocycles. The summed E-state index contributed by atoms with van der Waals surface area (Å²) >= 11 is 1.59. The summed E-state index contributed by atoms with van der Waals surface area (Å²) in [4.78, 5) is 14.2. The molecule has 1 aromatic carbocycles. The maximum absolute atomic E-state index is 10.9. The maximum Gasteiger partial charge on any atom is 0.307 e. The van der Waals surface area contributed by atoms with Crippen LogP contribution in [0.4, 0.5) is 0 Å². The molecule has 0 aliphatic rings. The molecule has 2 rings (SSSR count). The molecular weight excluding hydrogens is 250 g/mol. The number of aliphatic hydroxyl groups excluding tert-OH is 1. The Morgan fingerprint density at radius 3 is 2.83 bits per heavy atom. The van der Waals surface area contributed by atoms with E-state index >= 15 is 0 Å². The molecule has 0 aliphatic carbocycles. The van der Waals surface area contributed by atoms with E-state index in [0.29, 0.717) is 11.5 Å². The minimum atomic E-state index is -0.826. The molecule has 0 radical (unpaired) electrons. The Kier molecular flexibility index (Phi) is 4.28. The Hall–Kier alpha value is -1.46. The van der Waals surface area contributed by atoms with E-state index in [4.69, 9.17) is 10.2 Å². The third-order valence-corrected chi connectivity index (χ3v) is 3.68. The zero-order chi connectivity index (χ0) is 13.0. The molecule has 0 saturated carbocycles. The van der Waals surface area contributed by atoms with E-state index in [2.05, 4.69) is 4.98 Å². The lowest BCUT2D eigenvalue weighted by Crippen LogP contribution is -2.02. The van der Waals surface area contributed by atoms with Crippen LogP contribution in [0.3, 0.4) is 0 Å². The van der Waals surface area contributed by atoms with Crippen LogP contribution in [0, 0.1) is 0 Å². The molecule has 0 fully saturated rings. The Morgan fingerprint density at radius 1 is 1.33 bits per heavy atom. The number of thioether (sulfide) groups is 1. The summed E-state index contributed by atoms with van der Waals surface area (Å²) in [5, 5.41) is 18.7. The minimum absolute atomic E-state index is 0.0268. The summed E-state index contributed by atoms with van der Waals surface area (Å²) in [7, 11) is 0. The fourth-order valence-corrected chi connectivity index (χ4v) is 2.69. The maximum atomic E-state index is 10.9. The fraction of sp³-hybridized carbons (Fsp3) is 0.308. The van der Waals surface area contributed by atoms with Gasteiger partial charge in [0.15, 0.2) is 0 Å². The Bertz CT molecular complexity index is 550. The highest BCUT2D eigenvalue weighted by Crippen LogP contribution is 2.25. The predicted octanol–water partition coefficient (Wildman–Crippen LogP) is 2.02. The third kappa shape index (κ3) is 2.86. The number of hydrogen-bond donors (Lipinski definition) is 3. The first-order chi connectivity index (χ1) is 8.72. The highest BCUT2D eigenvalue weighted by Gasteiger charge is 2.13. The second-order valence-electron chi connectivity index (χ2n) is 3.97. The van der Waals surface area contributed by atoms with Gasteiger partial charge < -0.3 is 15.2 Å². The number of carboxylic acid groups (broad SMARTS) is 1. The average Bonchev–Trinajstić information content (AvgIpc) is 2.68. The molecule has 18 heavy (non-hydrogen) atoms. The quantitative estimate of drug-likeness (QED) is 0.699. The van der Waals surface area contributed by atoms with E-state index < -0.39 is 5.97 Å². The Morgan fingerprint density at radius 2 is 2.11 bits per heavy atom. The number of benzene rings is 1. The van der Waals surface area contributed by atoms with Crippen LogP contribution in [0.15, 0.2) is 24.3 Å². The molecule has 96 valence electrons. The number of aliphatic carboxylic acids is 1. The monoisotopic (exact) mass is 265 g/mol. The number of nitrogens with one attached hydrogen (secondary N) is 1. The van der Waals surface area contributed by atoms with Crippen LogP contribution in [0.2, 0.25) is 0 Å². The van der Waals surface area contributed by atoms with E-state index in [0.717, 1.165) is 22.2 Å². The molecule has 0 spiro atoms. The van der Waals surface area contributed by atoms with Crippen molar-refractivity contribution in [3.05, 3.63) is 35.5 Å². The molecule has 4 nitrogen and oxygen atoms in total. The van der Waals surface area contributed by atoms with Gasteiger partial charge in [-0.05, 0) is 11.6 Å². The number of carboxylic acids is 1. The summed E-state index contributed by atoms with van der Waals surface area (Å²) in [6, 6.07) is 7.71. The molecule has 0 bridgehead atoms. The number of aromatic amines is 1. The van der Waals surface area contributed by atoms with Gasteiger partial charge in [-0.25, -0.2) is 0 Å². The number of aliphatic hydroxyl groups is 1. The molecule has 0 aliphatic heterocycles. The lowest BCUT2D eigenvalue weighted by atomic mass is 10.1. The van der Waals surface area contributed by atoms with Gasteiger partial charge in [0.1, 0.15) is 0 Å². The molecule has 1 aromatic heterocycles. The smallest absolute Gasteiger partial charge is 0.307 e. The molecule has 2 aromatic rings. The summed E-state index contributed by atoms with van der Waals surface area (Å²) < 4.78 is 0. The van der Waals surface area contributed by atoms with Crippen LogP contribution in [0.1, 0.15) is 11.3 Å². The van der Waals surface area contributed by atoms with Crippen molar-refractivity contribution in [1.82, 2.24) is 4.98 Å². The van der Waals surface area contributed by atoms with Crippen molar-refractivity contribution in [2.75, 3.05) is 12.4 Å². The number of hydrogen-bond acceptors (Lipinski definition) is 3. The summed E-state index contributed by atoms with van der Waals surface area (Å²) in [5.74, 6) is 0.521. The van der Waals surface area contributed by atoms with E-state index in [-0.39, 0.29) is 13.0 Å². The number of rotatable bonds is 6. The molecule has 5 heteroatoms. The predicted molar refractivity (Wildman–Crippen MR) is 72.9 cm³/mol. The van der Waals surface area contributed by atoms with Crippen molar-refractivity contribution < 1.29 is 15.0 Å². The summed E-state index contributed by atoms with van der Waals surface area (Å²) in [5.41, 5.74) is 2.76. The zero-order valence-electron chi connectivity index (χ0n) is 9.85. The SMILES string of the molecule is O=C(O)Cc1c(CSCCO)[nH]c2ccccc12. The van der Waals surface area contributed by atoms with Crippen LogP contribution < -0.4 is 0 Å². The van der Waals surface area contributed by atoms with Crippen molar-refractivity contribution in [2.45, 2.75) is 12.2 Å². The topological polar surface area (TPSA) is 73.3 Å². The molecule has 1 heterocycles. The van der Waals surface area contributed by atoms with Crippen LogP contribution in [0.5, 0.6) is 0 Å². The van der Waals surface area contributed by atoms with Crippen LogP contribution in [-0.4, -0.2) is 33.5 Å². The van der Waals surface area contributed by atoms with Gasteiger partial charge >= 0.3 is 5.97 Å². The van der Waals surface area contributed by atoms with Crippen LogP contribution in [0.25, 0.3) is 10.9 Å². The first-order valence-corrected chi connectivity index (χ1v) is 6.86. The zero-order valence-corrected chi connectivity index (χ0v) is 10.7. The first kappa shape index (κ1) is 13.0. The molecule has 0 atom stereocenters. The third-order valence-electron chi connectivity index (χ3n) is 2.71. The highest BCUT2D eigenvalue weighted by molar-refractivity contribution is 7.98. The van der Waals surface area contributed by atoms with Gasteiger partial charge in [0.25, 0.3) is 0 Å². The average molecular weight is 265 g/mol. The lowest BCUT2D eigenvalue weighted by Gasteiger charge is -2.01. The molecule has 3 N–H and O–H groups in total. The number of fused-ring (bicyclic) bond motifs is 1. The highest BCUT2D eigenvalue weighted by atomic mass is 32.2. The number of para-hydroxylation sites is 1. The summed E-state index contributed by atoms with van der Waals surface area (Å²) in [6.45, 7) is 0.138. The number of aromatic nitrogens is 1.